The molecular formula is C9H10ClN3O. The summed E-state index contributed by atoms with van der Waals surface area (Å²) >= 11 is 5.68. The molecule has 1 aromatic carbocycles. The Morgan fingerprint density at radius 2 is 2.07 bits per heavy atom. The molecule has 0 saturated heterocycles. The number of carbonyl (C=O) groups excluding carboxylic acids is 1. The topological polar surface area (TPSA) is 78.9 Å². The SMILES string of the molecule is CC#N.NNC(=O)c1ccccc1Cl. The molecule has 0 atom stereocenters. The van der Waals surface area contributed by atoms with Gasteiger partial charge in [0, 0.05) is 6.92 Å². The summed E-state index contributed by atoms with van der Waals surface area (Å²) in [5, 5.41) is 7.72. The van der Waals surface area contributed by atoms with E-state index in [0.717, 1.165) is 0 Å². The van der Waals surface area contributed by atoms with Crippen molar-refractivity contribution < 1.29 is 4.79 Å². The predicted octanol–water partition coefficient (Wildman–Crippen LogP) is 1.47. The van der Waals surface area contributed by atoms with Crippen molar-refractivity contribution in [3.63, 3.8) is 0 Å². The Hall–Kier alpha value is -1.57. The summed E-state index contributed by atoms with van der Waals surface area (Å²) in [6.07, 6.45) is 0. The van der Waals surface area contributed by atoms with E-state index in [1.54, 1.807) is 30.3 Å². The molecular weight excluding hydrogens is 202 g/mol. The number of nitrogens with one attached hydrogen (secondary N) is 1. The Kier molecular flexibility index (Phi) is 6.12. The third-order valence-electron chi connectivity index (χ3n) is 1.25. The standard InChI is InChI=1S/C7H7ClN2O.C2H3N/c8-6-4-2-1-3-5(6)7(11)10-9;1-2-3/h1-4H,9H2,(H,10,11);1H3. The molecule has 0 spiro atoms. The Bertz CT molecular complexity index is 346. The molecule has 1 rings (SSSR count). The molecule has 0 aliphatic rings. The number of hydrogen-bond acceptors (Lipinski definition) is 3. The number of halogens is 1. The fourth-order valence-corrected chi connectivity index (χ4v) is 0.945. The number of hydrogen-bond donors (Lipinski definition) is 2. The molecule has 3 N–H and O–H groups in total. The Labute approximate surface area is 87.2 Å². The van der Waals surface area contributed by atoms with Crippen LogP contribution >= 0.6 is 11.6 Å². The molecule has 4 nitrogen and oxygen atoms in total. The summed E-state index contributed by atoms with van der Waals surface area (Å²) in [5.41, 5.74) is 2.38. The number of rotatable bonds is 1. The lowest BCUT2D eigenvalue weighted by molar-refractivity contribution is 0.0954. The van der Waals surface area contributed by atoms with Crippen LogP contribution in [0.15, 0.2) is 24.3 Å². The second kappa shape index (κ2) is 6.89. The van der Waals surface area contributed by atoms with Crippen LogP contribution in [0.25, 0.3) is 0 Å². The van der Waals surface area contributed by atoms with Gasteiger partial charge in [-0.25, -0.2) is 5.84 Å². The van der Waals surface area contributed by atoms with Gasteiger partial charge in [-0.15, -0.1) is 0 Å². The van der Waals surface area contributed by atoms with Crippen LogP contribution in [0.1, 0.15) is 17.3 Å². The van der Waals surface area contributed by atoms with Crippen LogP contribution in [0.5, 0.6) is 0 Å². The summed E-state index contributed by atoms with van der Waals surface area (Å²) in [7, 11) is 0. The number of carbonyl (C=O) groups is 1. The molecule has 0 bridgehead atoms. The highest BCUT2D eigenvalue weighted by Gasteiger charge is 2.05. The van der Waals surface area contributed by atoms with Crippen LogP contribution in [-0.4, -0.2) is 5.91 Å². The van der Waals surface area contributed by atoms with Gasteiger partial charge in [-0.1, -0.05) is 23.7 Å². The molecule has 0 aliphatic carbocycles. The van der Waals surface area contributed by atoms with Gasteiger partial charge < -0.3 is 0 Å². The zero-order valence-electron chi connectivity index (χ0n) is 7.62. The largest absolute Gasteiger partial charge is 0.290 e. The van der Waals surface area contributed by atoms with E-state index in [1.165, 1.54) is 6.92 Å². The van der Waals surface area contributed by atoms with Gasteiger partial charge in [0.1, 0.15) is 0 Å². The molecule has 1 aromatic rings. The molecule has 0 aliphatic heterocycles. The molecule has 14 heavy (non-hydrogen) atoms. The Balaban J connectivity index is 0.000000500. The second-order valence-corrected chi connectivity index (χ2v) is 2.58. The monoisotopic (exact) mass is 211 g/mol. The van der Waals surface area contributed by atoms with Crippen molar-refractivity contribution in [1.29, 1.82) is 5.26 Å². The number of benzene rings is 1. The van der Waals surface area contributed by atoms with Crippen LogP contribution in [0.2, 0.25) is 5.02 Å². The van der Waals surface area contributed by atoms with Crippen LogP contribution in [-0.2, 0) is 0 Å². The van der Waals surface area contributed by atoms with Gasteiger partial charge in [-0.3, -0.25) is 10.2 Å². The lowest BCUT2D eigenvalue weighted by atomic mass is 10.2. The quantitative estimate of drug-likeness (QED) is 0.420. The van der Waals surface area contributed by atoms with Gasteiger partial charge in [-0.2, -0.15) is 5.26 Å². The molecule has 1 amide bonds. The summed E-state index contributed by atoms with van der Waals surface area (Å²) in [6, 6.07) is 8.45. The van der Waals surface area contributed by atoms with Crippen molar-refractivity contribution in [2.45, 2.75) is 6.92 Å². The van der Waals surface area contributed by atoms with E-state index in [2.05, 4.69) is 0 Å². The number of nitrogens with two attached hydrogens (primary N) is 1. The first-order valence-corrected chi connectivity index (χ1v) is 4.11. The maximum absolute atomic E-state index is 10.9. The third kappa shape index (κ3) is 3.90. The molecule has 0 fully saturated rings. The number of hydrazine groups is 1. The van der Waals surface area contributed by atoms with Gasteiger partial charge in [0.05, 0.1) is 16.7 Å². The summed E-state index contributed by atoms with van der Waals surface area (Å²) in [6.45, 7) is 1.43. The number of nitrogen functional groups attached to an aromatic ring is 1. The predicted molar refractivity (Wildman–Crippen MR) is 54.4 cm³/mol. The normalized spacial score (nSPS) is 7.86. The minimum absolute atomic E-state index is 0.379. The van der Waals surface area contributed by atoms with Crippen LogP contribution in [0.3, 0.4) is 0 Å². The zero-order valence-corrected chi connectivity index (χ0v) is 8.38. The maximum atomic E-state index is 10.9. The van der Waals surface area contributed by atoms with Crippen molar-refractivity contribution in [2.24, 2.45) is 5.84 Å². The average Bonchev–Trinajstić information content (AvgIpc) is 2.19. The maximum Gasteiger partial charge on any atom is 0.266 e. The lowest BCUT2D eigenvalue weighted by Crippen LogP contribution is -2.30. The first-order valence-electron chi connectivity index (χ1n) is 3.73. The fourth-order valence-electron chi connectivity index (χ4n) is 0.723. The van der Waals surface area contributed by atoms with Gasteiger partial charge >= 0.3 is 0 Å². The number of nitrogens with zero attached hydrogens (tertiary/aromatic N) is 1. The molecule has 5 heteroatoms. The molecule has 0 radical (unpaired) electrons. The van der Waals surface area contributed by atoms with Gasteiger partial charge in [0.15, 0.2) is 0 Å². The summed E-state index contributed by atoms with van der Waals surface area (Å²) in [5.74, 6) is 4.54. The summed E-state index contributed by atoms with van der Waals surface area (Å²) < 4.78 is 0. The van der Waals surface area contributed by atoms with Crippen LogP contribution in [0.4, 0.5) is 0 Å². The van der Waals surface area contributed by atoms with Crippen molar-refractivity contribution in [3.05, 3.63) is 34.9 Å². The van der Waals surface area contributed by atoms with E-state index < -0.39 is 0 Å². The Morgan fingerprint density at radius 1 is 1.57 bits per heavy atom. The van der Waals surface area contributed by atoms with E-state index in [9.17, 15) is 4.79 Å². The van der Waals surface area contributed by atoms with Gasteiger partial charge in [0.25, 0.3) is 5.91 Å². The molecule has 0 aromatic heterocycles. The van der Waals surface area contributed by atoms with E-state index in [1.807, 2.05) is 5.43 Å². The highest BCUT2D eigenvalue weighted by atomic mass is 35.5. The van der Waals surface area contributed by atoms with E-state index in [4.69, 9.17) is 22.7 Å². The molecule has 0 unspecified atom stereocenters. The molecule has 0 saturated carbocycles. The van der Waals surface area contributed by atoms with E-state index in [0.29, 0.717) is 10.6 Å². The average molecular weight is 212 g/mol. The number of amides is 1. The highest BCUT2D eigenvalue weighted by molar-refractivity contribution is 6.33. The first-order chi connectivity index (χ1) is 6.67. The lowest BCUT2D eigenvalue weighted by Gasteiger charge is -1.99. The Morgan fingerprint density at radius 3 is 2.50 bits per heavy atom. The summed E-state index contributed by atoms with van der Waals surface area (Å²) in [4.78, 5) is 10.9. The minimum atomic E-state index is -0.379. The highest BCUT2D eigenvalue weighted by Crippen LogP contribution is 2.13. The second-order valence-electron chi connectivity index (χ2n) is 2.18. The zero-order chi connectivity index (χ0) is 11.0. The molecule has 74 valence electrons. The van der Waals surface area contributed by atoms with E-state index >= 15 is 0 Å². The van der Waals surface area contributed by atoms with Crippen molar-refractivity contribution in [3.8, 4) is 6.07 Å². The molecule has 0 heterocycles. The van der Waals surface area contributed by atoms with E-state index in [-0.39, 0.29) is 5.91 Å². The smallest absolute Gasteiger partial charge is 0.266 e. The van der Waals surface area contributed by atoms with Crippen LogP contribution < -0.4 is 11.3 Å². The third-order valence-corrected chi connectivity index (χ3v) is 1.58. The van der Waals surface area contributed by atoms with Gasteiger partial charge in [0.2, 0.25) is 0 Å². The van der Waals surface area contributed by atoms with Crippen LogP contribution in [0, 0.1) is 11.3 Å². The van der Waals surface area contributed by atoms with Crippen molar-refractivity contribution in [2.75, 3.05) is 0 Å². The van der Waals surface area contributed by atoms with Crippen molar-refractivity contribution >= 4 is 17.5 Å². The minimum Gasteiger partial charge on any atom is -0.290 e. The van der Waals surface area contributed by atoms with Gasteiger partial charge in [-0.05, 0) is 12.1 Å². The first kappa shape index (κ1) is 12.4. The fraction of sp³-hybridized carbons (Fsp3) is 0.111. The van der Waals surface area contributed by atoms with Crippen molar-refractivity contribution in [1.82, 2.24) is 5.43 Å². The number of nitriles is 1.